The van der Waals surface area contributed by atoms with E-state index in [9.17, 15) is 4.79 Å². The minimum atomic E-state index is -0.0839. The molecule has 94 valence electrons. The van der Waals surface area contributed by atoms with E-state index < -0.39 is 0 Å². The van der Waals surface area contributed by atoms with Crippen LogP contribution in [0, 0.1) is 17.2 Å². The highest BCUT2D eigenvalue weighted by Gasteiger charge is 2.28. The third kappa shape index (κ3) is 2.98. The maximum Gasteiger partial charge on any atom is 0.226 e. The van der Waals surface area contributed by atoms with Gasteiger partial charge in [0.05, 0.1) is 30.3 Å². The van der Waals surface area contributed by atoms with Gasteiger partial charge in [0.1, 0.15) is 0 Å². The second-order valence-corrected chi connectivity index (χ2v) is 4.60. The van der Waals surface area contributed by atoms with Crippen LogP contribution >= 0.6 is 0 Å². The van der Waals surface area contributed by atoms with Crippen LogP contribution in [0.4, 0.5) is 5.69 Å². The van der Waals surface area contributed by atoms with Crippen molar-refractivity contribution in [2.24, 2.45) is 5.92 Å². The van der Waals surface area contributed by atoms with E-state index in [2.05, 4.69) is 16.4 Å². The summed E-state index contributed by atoms with van der Waals surface area (Å²) in [6, 6.07) is 5.71. The number of nitrogens with one attached hydrogen (secondary N) is 1. The van der Waals surface area contributed by atoms with Crippen LogP contribution in [0.5, 0.6) is 0 Å². The standard InChI is InChI=1S/C13H16N4O/c14-7-9-2-1-3-12(9)17-13(18)6-11-5-4-10(15)8-16-11/h4-5,8-9,12H,1-3,6,15H2,(H,17,18). The molecular weight excluding hydrogens is 228 g/mol. The maximum absolute atomic E-state index is 11.8. The Kier molecular flexibility index (Phi) is 3.78. The molecule has 2 unspecified atom stereocenters. The van der Waals surface area contributed by atoms with Gasteiger partial charge in [-0.1, -0.05) is 0 Å². The molecule has 1 amide bonds. The second-order valence-electron chi connectivity index (χ2n) is 4.60. The minimum Gasteiger partial charge on any atom is -0.397 e. The highest BCUT2D eigenvalue weighted by molar-refractivity contribution is 5.78. The lowest BCUT2D eigenvalue weighted by molar-refractivity contribution is -0.121. The van der Waals surface area contributed by atoms with Crippen molar-refractivity contribution >= 4 is 11.6 Å². The number of amides is 1. The molecule has 0 bridgehead atoms. The van der Waals surface area contributed by atoms with Crippen molar-refractivity contribution in [2.75, 3.05) is 5.73 Å². The van der Waals surface area contributed by atoms with Crippen molar-refractivity contribution in [1.29, 1.82) is 5.26 Å². The second kappa shape index (κ2) is 5.50. The molecule has 5 heteroatoms. The van der Waals surface area contributed by atoms with E-state index in [1.807, 2.05) is 0 Å². The molecule has 2 atom stereocenters. The van der Waals surface area contributed by atoms with E-state index in [0.29, 0.717) is 11.4 Å². The van der Waals surface area contributed by atoms with Gasteiger partial charge in [-0.25, -0.2) is 0 Å². The molecule has 3 N–H and O–H groups in total. The van der Waals surface area contributed by atoms with Gasteiger partial charge in [-0.15, -0.1) is 0 Å². The number of pyridine rings is 1. The lowest BCUT2D eigenvalue weighted by Gasteiger charge is -2.15. The van der Waals surface area contributed by atoms with E-state index in [4.69, 9.17) is 11.0 Å². The number of anilines is 1. The van der Waals surface area contributed by atoms with E-state index >= 15 is 0 Å². The van der Waals surface area contributed by atoms with Gasteiger partial charge in [0.25, 0.3) is 0 Å². The Hall–Kier alpha value is -2.09. The van der Waals surface area contributed by atoms with Gasteiger partial charge in [0.2, 0.25) is 5.91 Å². The van der Waals surface area contributed by atoms with Crippen molar-refractivity contribution in [3.63, 3.8) is 0 Å². The molecule has 1 saturated carbocycles. The van der Waals surface area contributed by atoms with Crippen LogP contribution in [0.15, 0.2) is 18.3 Å². The third-order valence-electron chi connectivity index (χ3n) is 3.22. The molecule has 1 fully saturated rings. The first-order chi connectivity index (χ1) is 8.69. The fourth-order valence-corrected chi connectivity index (χ4v) is 2.25. The largest absolute Gasteiger partial charge is 0.397 e. The summed E-state index contributed by atoms with van der Waals surface area (Å²) in [5.74, 6) is -0.132. The predicted molar refractivity (Wildman–Crippen MR) is 67.2 cm³/mol. The summed E-state index contributed by atoms with van der Waals surface area (Å²) >= 11 is 0. The van der Waals surface area contributed by atoms with E-state index in [1.54, 1.807) is 12.1 Å². The summed E-state index contributed by atoms with van der Waals surface area (Å²) < 4.78 is 0. The van der Waals surface area contributed by atoms with Gasteiger partial charge in [0, 0.05) is 11.7 Å². The molecule has 1 aromatic rings. The molecule has 0 radical (unpaired) electrons. The monoisotopic (exact) mass is 244 g/mol. The van der Waals surface area contributed by atoms with E-state index in [1.165, 1.54) is 6.20 Å². The summed E-state index contributed by atoms with van der Waals surface area (Å²) in [4.78, 5) is 15.9. The van der Waals surface area contributed by atoms with Crippen molar-refractivity contribution in [2.45, 2.75) is 31.7 Å². The van der Waals surface area contributed by atoms with E-state index in [0.717, 1.165) is 19.3 Å². The number of carbonyl (C=O) groups is 1. The predicted octanol–water partition coefficient (Wildman–Crippen LogP) is 1.01. The molecule has 1 aliphatic rings. The molecule has 1 aromatic heterocycles. The number of carbonyl (C=O) groups excluding carboxylic acids is 1. The average Bonchev–Trinajstić information content (AvgIpc) is 2.79. The topological polar surface area (TPSA) is 91.8 Å². The third-order valence-corrected chi connectivity index (χ3v) is 3.22. The number of nitriles is 1. The Morgan fingerprint density at radius 2 is 2.39 bits per heavy atom. The minimum absolute atomic E-state index is 0.00344. The van der Waals surface area contributed by atoms with Crippen LogP contribution in [0.3, 0.4) is 0 Å². The number of hydrogen-bond acceptors (Lipinski definition) is 4. The summed E-state index contributed by atoms with van der Waals surface area (Å²) in [6.07, 6.45) is 4.54. The average molecular weight is 244 g/mol. The van der Waals surface area contributed by atoms with Crippen LogP contribution in [0.25, 0.3) is 0 Å². The smallest absolute Gasteiger partial charge is 0.226 e. The van der Waals surface area contributed by atoms with Gasteiger partial charge in [-0.3, -0.25) is 9.78 Å². The van der Waals surface area contributed by atoms with Crippen molar-refractivity contribution in [1.82, 2.24) is 10.3 Å². The number of nitrogen functional groups attached to an aromatic ring is 1. The Bertz CT molecular complexity index is 463. The summed E-state index contributed by atoms with van der Waals surface area (Å²) in [6.45, 7) is 0. The highest BCUT2D eigenvalue weighted by atomic mass is 16.1. The normalized spacial score (nSPS) is 22.4. The van der Waals surface area contributed by atoms with Crippen LogP contribution in [0.2, 0.25) is 0 Å². The summed E-state index contributed by atoms with van der Waals surface area (Å²) in [5, 5.41) is 11.9. The fourth-order valence-electron chi connectivity index (χ4n) is 2.25. The zero-order chi connectivity index (χ0) is 13.0. The SMILES string of the molecule is N#CC1CCCC1NC(=O)Cc1ccc(N)cn1. The Labute approximate surface area is 106 Å². The Morgan fingerprint density at radius 1 is 1.56 bits per heavy atom. The van der Waals surface area contributed by atoms with Crippen LogP contribution in [0.1, 0.15) is 25.0 Å². The Balaban J connectivity index is 1.89. The number of hydrogen-bond donors (Lipinski definition) is 2. The van der Waals surface area contributed by atoms with Crippen LogP contribution in [-0.4, -0.2) is 16.9 Å². The van der Waals surface area contributed by atoms with Crippen LogP contribution < -0.4 is 11.1 Å². The number of nitrogens with two attached hydrogens (primary N) is 1. The van der Waals surface area contributed by atoms with E-state index in [-0.39, 0.29) is 24.3 Å². The molecule has 0 aromatic carbocycles. The van der Waals surface area contributed by atoms with Gasteiger partial charge in [-0.05, 0) is 31.4 Å². The first-order valence-corrected chi connectivity index (χ1v) is 6.08. The highest BCUT2D eigenvalue weighted by Crippen LogP contribution is 2.24. The van der Waals surface area contributed by atoms with Crippen molar-refractivity contribution < 1.29 is 4.79 Å². The zero-order valence-corrected chi connectivity index (χ0v) is 10.1. The lowest BCUT2D eigenvalue weighted by Crippen LogP contribution is -2.37. The summed E-state index contributed by atoms with van der Waals surface area (Å²) in [7, 11) is 0. The lowest BCUT2D eigenvalue weighted by atomic mass is 10.1. The van der Waals surface area contributed by atoms with Gasteiger partial charge >= 0.3 is 0 Å². The maximum atomic E-state index is 11.8. The van der Waals surface area contributed by atoms with Gasteiger partial charge in [0.15, 0.2) is 0 Å². The van der Waals surface area contributed by atoms with Gasteiger partial charge < -0.3 is 11.1 Å². The van der Waals surface area contributed by atoms with Crippen molar-refractivity contribution in [3.05, 3.63) is 24.0 Å². The molecular formula is C13H16N4O. The van der Waals surface area contributed by atoms with Crippen LogP contribution in [-0.2, 0) is 11.2 Å². The molecule has 1 heterocycles. The molecule has 0 saturated heterocycles. The Morgan fingerprint density at radius 3 is 3.06 bits per heavy atom. The number of aromatic nitrogens is 1. The first kappa shape index (κ1) is 12.4. The number of nitrogens with zero attached hydrogens (tertiary/aromatic N) is 2. The molecule has 0 spiro atoms. The molecule has 0 aliphatic heterocycles. The molecule has 1 aliphatic carbocycles. The first-order valence-electron chi connectivity index (χ1n) is 6.08. The zero-order valence-electron chi connectivity index (χ0n) is 10.1. The van der Waals surface area contributed by atoms with Crippen molar-refractivity contribution in [3.8, 4) is 6.07 Å². The van der Waals surface area contributed by atoms with Gasteiger partial charge in [-0.2, -0.15) is 5.26 Å². The number of rotatable bonds is 3. The summed E-state index contributed by atoms with van der Waals surface area (Å²) in [5.41, 5.74) is 6.80. The fraction of sp³-hybridized carbons (Fsp3) is 0.462. The molecule has 5 nitrogen and oxygen atoms in total. The molecule has 18 heavy (non-hydrogen) atoms. The molecule has 2 rings (SSSR count). The quantitative estimate of drug-likeness (QED) is 0.830.